The minimum Gasteiger partial charge on any atom is -0.481 e. The first-order chi connectivity index (χ1) is 13.0. The van der Waals surface area contributed by atoms with E-state index in [1.165, 1.54) is 22.0 Å². The molecule has 0 spiro atoms. The highest BCUT2D eigenvalue weighted by atomic mass is 32.1. The van der Waals surface area contributed by atoms with Gasteiger partial charge in [0, 0.05) is 18.7 Å². The number of nitrogens with zero attached hydrogens (tertiary/aromatic N) is 3. The summed E-state index contributed by atoms with van der Waals surface area (Å²) in [7, 11) is 0. The number of carboxylic acids is 1. The first kappa shape index (κ1) is 17.7. The molecule has 3 heterocycles. The van der Waals surface area contributed by atoms with Crippen LogP contribution in [-0.4, -0.2) is 33.7 Å². The van der Waals surface area contributed by atoms with E-state index in [0.29, 0.717) is 41.1 Å². The Morgan fingerprint density at radius 1 is 1.33 bits per heavy atom. The zero-order valence-corrected chi connectivity index (χ0v) is 15.3. The number of aromatic nitrogens is 2. The van der Waals surface area contributed by atoms with Gasteiger partial charge in [0.2, 0.25) is 5.95 Å². The number of anilines is 1. The molecule has 4 rings (SSSR count). The molecular weight excluding hydrogens is 369 g/mol. The summed E-state index contributed by atoms with van der Waals surface area (Å²) in [6, 6.07) is 8.10. The number of fused-ring (bicyclic) bond motifs is 1. The molecule has 2 aromatic heterocycles. The van der Waals surface area contributed by atoms with Crippen molar-refractivity contribution in [3.05, 3.63) is 57.4 Å². The number of rotatable bonds is 4. The zero-order valence-electron chi connectivity index (χ0n) is 14.5. The summed E-state index contributed by atoms with van der Waals surface area (Å²) in [5.74, 6) is -1.33. The predicted octanol–water partition coefficient (Wildman–Crippen LogP) is 2.95. The Balaban J connectivity index is 1.82. The molecule has 3 aromatic rings. The average molecular weight is 387 g/mol. The number of hydrogen-bond acceptors (Lipinski definition) is 5. The molecule has 6 nitrogen and oxygen atoms in total. The Kier molecular flexibility index (Phi) is 4.65. The van der Waals surface area contributed by atoms with Crippen molar-refractivity contribution in [3.8, 4) is 0 Å². The largest absolute Gasteiger partial charge is 0.481 e. The van der Waals surface area contributed by atoms with Gasteiger partial charge in [0.15, 0.2) is 0 Å². The second-order valence-electron chi connectivity index (χ2n) is 6.65. The maximum Gasteiger partial charge on any atom is 0.308 e. The van der Waals surface area contributed by atoms with E-state index in [4.69, 9.17) is 0 Å². The molecule has 1 aliphatic rings. The van der Waals surface area contributed by atoms with Gasteiger partial charge in [-0.3, -0.25) is 14.2 Å². The number of carbonyl (C=O) groups is 1. The molecule has 1 unspecified atom stereocenters. The number of thiophene rings is 1. The number of aliphatic carboxylic acids is 1. The molecule has 1 aliphatic heterocycles. The van der Waals surface area contributed by atoms with Crippen LogP contribution in [0, 0.1) is 11.7 Å². The van der Waals surface area contributed by atoms with E-state index >= 15 is 0 Å². The molecule has 0 aliphatic carbocycles. The number of carboxylic acid groups (broad SMARTS) is 1. The van der Waals surface area contributed by atoms with Crippen molar-refractivity contribution >= 4 is 33.5 Å². The fourth-order valence-electron chi connectivity index (χ4n) is 3.47. The summed E-state index contributed by atoms with van der Waals surface area (Å²) in [6.45, 7) is 0.952. The monoisotopic (exact) mass is 387 g/mol. The van der Waals surface area contributed by atoms with Gasteiger partial charge in [0.05, 0.1) is 18.0 Å². The molecule has 27 heavy (non-hydrogen) atoms. The smallest absolute Gasteiger partial charge is 0.308 e. The Morgan fingerprint density at radius 3 is 2.93 bits per heavy atom. The molecule has 0 bridgehead atoms. The van der Waals surface area contributed by atoms with Crippen molar-refractivity contribution < 1.29 is 14.3 Å². The van der Waals surface area contributed by atoms with Crippen molar-refractivity contribution in [2.75, 3.05) is 18.0 Å². The highest BCUT2D eigenvalue weighted by Gasteiger charge is 2.28. The first-order valence-electron chi connectivity index (χ1n) is 8.74. The summed E-state index contributed by atoms with van der Waals surface area (Å²) in [6.07, 6.45) is 1.30. The Bertz CT molecular complexity index is 1060. The molecule has 1 fully saturated rings. The standard InChI is InChI=1S/C19H18FN3O3S/c20-14-6-2-1-4-12(14)11-23-17(24)16-15(7-9-27-16)21-19(23)22-8-3-5-13(10-22)18(25)26/h1-2,4,6-7,9,13H,3,5,8,10-11H2,(H,25,26). The Labute approximate surface area is 158 Å². The van der Waals surface area contributed by atoms with Crippen LogP contribution in [0.3, 0.4) is 0 Å². The molecule has 0 saturated carbocycles. The molecule has 1 N–H and O–H groups in total. The van der Waals surface area contributed by atoms with Crippen molar-refractivity contribution in [1.82, 2.24) is 9.55 Å². The zero-order chi connectivity index (χ0) is 19.0. The van der Waals surface area contributed by atoms with Gasteiger partial charge in [0.1, 0.15) is 10.5 Å². The van der Waals surface area contributed by atoms with Crippen LogP contribution in [0.15, 0.2) is 40.5 Å². The molecule has 1 saturated heterocycles. The number of piperidine rings is 1. The average Bonchev–Trinajstić information content (AvgIpc) is 3.14. The van der Waals surface area contributed by atoms with Gasteiger partial charge in [-0.05, 0) is 30.4 Å². The first-order valence-corrected chi connectivity index (χ1v) is 9.62. The lowest BCUT2D eigenvalue weighted by molar-refractivity contribution is -0.141. The van der Waals surface area contributed by atoms with Crippen LogP contribution in [0.5, 0.6) is 0 Å². The summed E-state index contributed by atoms with van der Waals surface area (Å²) in [5.41, 5.74) is 0.748. The predicted molar refractivity (Wildman–Crippen MR) is 102 cm³/mol. The quantitative estimate of drug-likeness (QED) is 0.745. The number of hydrogen-bond donors (Lipinski definition) is 1. The van der Waals surface area contributed by atoms with Crippen LogP contribution in [0.25, 0.3) is 10.2 Å². The molecule has 140 valence electrons. The van der Waals surface area contributed by atoms with E-state index in [1.54, 1.807) is 29.6 Å². The fraction of sp³-hybridized carbons (Fsp3) is 0.316. The maximum atomic E-state index is 14.2. The van der Waals surface area contributed by atoms with Gasteiger partial charge >= 0.3 is 5.97 Å². The highest BCUT2D eigenvalue weighted by Crippen LogP contribution is 2.25. The third-order valence-electron chi connectivity index (χ3n) is 4.89. The molecular formula is C19H18FN3O3S. The van der Waals surface area contributed by atoms with Gasteiger partial charge in [-0.1, -0.05) is 18.2 Å². The van der Waals surface area contributed by atoms with Crippen LogP contribution in [-0.2, 0) is 11.3 Å². The van der Waals surface area contributed by atoms with Gasteiger partial charge in [-0.25, -0.2) is 9.37 Å². The summed E-state index contributed by atoms with van der Waals surface area (Å²) < 4.78 is 16.2. The van der Waals surface area contributed by atoms with E-state index in [-0.39, 0.29) is 24.5 Å². The van der Waals surface area contributed by atoms with Gasteiger partial charge in [-0.2, -0.15) is 0 Å². The summed E-state index contributed by atoms with van der Waals surface area (Å²) in [4.78, 5) is 30.9. The molecule has 8 heteroatoms. The van der Waals surface area contributed by atoms with Crippen LogP contribution < -0.4 is 10.5 Å². The van der Waals surface area contributed by atoms with Gasteiger partial charge in [-0.15, -0.1) is 11.3 Å². The van der Waals surface area contributed by atoms with Crippen LogP contribution in [0.4, 0.5) is 10.3 Å². The molecule has 1 aromatic carbocycles. The molecule has 1 atom stereocenters. The Hall–Kier alpha value is -2.74. The van der Waals surface area contributed by atoms with Crippen molar-refractivity contribution in [2.24, 2.45) is 5.92 Å². The lowest BCUT2D eigenvalue weighted by Gasteiger charge is -2.32. The van der Waals surface area contributed by atoms with Crippen molar-refractivity contribution in [3.63, 3.8) is 0 Å². The highest BCUT2D eigenvalue weighted by molar-refractivity contribution is 7.17. The Morgan fingerprint density at radius 2 is 2.15 bits per heavy atom. The minimum atomic E-state index is -0.848. The SMILES string of the molecule is O=C(O)C1CCCN(c2nc3ccsc3c(=O)n2Cc2ccccc2F)C1. The third-order valence-corrected chi connectivity index (χ3v) is 5.78. The van der Waals surface area contributed by atoms with E-state index in [0.717, 1.165) is 0 Å². The lowest BCUT2D eigenvalue weighted by Crippen LogP contribution is -2.42. The van der Waals surface area contributed by atoms with Gasteiger partial charge in [0.25, 0.3) is 5.56 Å². The maximum absolute atomic E-state index is 14.2. The number of benzene rings is 1. The van der Waals surface area contributed by atoms with Crippen molar-refractivity contribution in [2.45, 2.75) is 19.4 Å². The minimum absolute atomic E-state index is 0.0515. The lowest BCUT2D eigenvalue weighted by atomic mass is 9.99. The van der Waals surface area contributed by atoms with E-state index in [9.17, 15) is 19.1 Å². The van der Waals surface area contributed by atoms with Crippen LogP contribution in [0.2, 0.25) is 0 Å². The van der Waals surface area contributed by atoms with E-state index in [1.807, 2.05) is 4.90 Å². The topological polar surface area (TPSA) is 75.4 Å². The van der Waals surface area contributed by atoms with E-state index in [2.05, 4.69) is 4.98 Å². The van der Waals surface area contributed by atoms with Crippen molar-refractivity contribution in [1.29, 1.82) is 0 Å². The molecule has 0 radical (unpaired) electrons. The van der Waals surface area contributed by atoms with Crippen LogP contribution in [0.1, 0.15) is 18.4 Å². The third kappa shape index (κ3) is 3.32. The normalized spacial score (nSPS) is 17.4. The summed E-state index contributed by atoms with van der Waals surface area (Å²) >= 11 is 1.30. The van der Waals surface area contributed by atoms with Gasteiger partial charge < -0.3 is 10.0 Å². The second-order valence-corrected chi connectivity index (χ2v) is 7.57. The second kappa shape index (κ2) is 7.11. The van der Waals surface area contributed by atoms with E-state index < -0.39 is 11.9 Å². The molecule has 0 amide bonds. The fourth-order valence-corrected chi connectivity index (χ4v) is 4.25. The van der Waals surface area contributed by atoms with Crippen LogP contribution >= 0.6 is 11.3 Å². The summed E-state index contributed by atoms with van der Waals surface area (Å²) in [5, 5.41) is 11.2. The number of halogens is 1.